The minimum Gasteiger partial charge on any atom is -0.497 e. The highest BCUT2D eigenvalue weighted by Crippen LogP contribution is 2.24. The van der Waals surface area contributed by atoms with Gasteiger partial charge in [0.05, 0.1) is 19.6 Å². The van der Waals surface area contributed by atoms with Gasteiger partial charge in [-0.15, -0.1) is 0 Å². The number of likely N-dealkylation sites (tertiary alicyclic amines) is 1. The van der Waals surface area contributed by atoms with Gasteiger partial charge >= 0.3 is 0 Å². The minimum atomic E-state index is -0.0177. The number of hydrogen-bond donors (Lipinski definition) is 3. The number of rotatable bonds is 5. The molecule has 1 aromatic heterocycles. The molecule has 2 saturated heterocycles. The van der Waals surface area contributed by atoms with Crippen LogP contribution in [0.4, 0.5) is 0 Å². The predicted molar refractivity (Wildman–Crippen MR) is 113 cm³/mol. The molecule has 0 bridgehead atoms. The number of amides is 1. The molecule has 0 saturated carbocycles. The molecule has 2 atom stereocenters. The zero-order valence-corrected chi connectivity index (χ0v) is 17.2. The third-order valence-electron chi connectivity index (χ3n) is 6.22. The molecule has 0 radical (unpaired) electrons. The van der Waals surface area contributed by atoms with E-state index in [9.17, 15) is 4.79 Å². The Bertz CT molecular complexity index is 831. The Morgan fingerprint density at radius 3 is 2.86 bits per heavy atom. The summed E-state index contributed by atoms with van der Waals surface area (Å²) in [4.78, 5) is 18.7. The van der Waals surface area contributed by atoms with Crippen LogP contribution in [0.5, 0.6) is 5.75 Å². The summed E-state index contributed by atoms with van der Waals surface area (Å²) in [5.74, 6) is 0.929. The first-order valence-electron chi connectivity index (χ1n) is 10.6. The van der Waals surface area contributed by atoms with Crippen molar-refractivity contribution in [2.24, 2.45) is 11.7 Å². The van der Waals surface area contributed by atoms with Crippen molar-refractivity contribution in [3.05, 3.63) is 30.0 Å². The fraction of sp³-hybridized carbons (Fsp3) is 0.591. The second-order valence-corrected chi connectivity index (χ2v) is 8.30. The highest BCUT2D eigenvalue weighted by molar-refractivity contribution is 5.82. The highest BCUT2D eigenvalue weighted by Gasteiger charge is 2.31. The maximum absolute atomic E-state index is 12.9. The van der Waals surface area contributed by atoms with Crippen LogP contribution < -0.4 is 15.8 Å². The van der Waals surface area contributed by atoms with Crippen LogP contribution in [0.15, 0.2) is 24.3 Å². The van der Waals surface area contributed by atoms with Gasteiger partial charge in [0, 0.05) is 55.0 Å². The number of aromatic amines is 1. The number of carbonyl (C=O) groups is 1. The summed E-state index contributed by atoms with van der Waals surface area (Å²) in [6.07, 6.45) is 3.79. The molecular weight excluding hydrogens is 368 g/mol. The van der Waals surface area contributed by atoms with E-state index in [0.29, 0.717) is 12.6 Å². The first-order valence-corrected chi connectivity index (χ1v) is 10.6. The lowest BCUT2D eigenvalue weighted by Crippen LogP contribution is -2.47. The summed E-state index contributed by atoms with van der Waals surface area (Å²) >= 11 is 0. The molecule has 1 aromatic carbocycles. The molecule has 2 aromatic rings. The van der Waals surface area contributed by atoms with E-state index >= 15 is 0 Å². The van der Waals surface area contributed by atoms with E-state index in [1.165, 1.54) is 0 Å². The average molecular weight is 401 g/mol. The molecule has 7 nitrogen and oxygen atoms in total. The molecule has 3 heterocycles. The molecule has 7 heteroatoms. The third kappa shape index (κ3) is 4.91. The van der Waals surface area contributed by atoms with E-state index in [1.54, 1.807) is 7.11 Å². The molecule has 4 N–H and O–H groups in total. The standard InChI is InChI=1S/C22H32N4O3/c1-28-20-4-5-21-16(11-20)10-18(25-21)12-24-22(27)15-2-3-17(23)14-26(13-15)19-6-8-29-9-7-19/h4-5,10-11,15,17,19,25H,2-3,6-9,12-14,23H2,1H3,(H,24,27)/t15-,17+/m1/s1. The van der Waals surface area contributed by atoms with E-state index in [1.807, 2.05) is 18.2 Å². The Kier molecular flexibility index (Phi) is 6.37. The summed E-state index contributed by atoms with van der Waals surface area (Å²) in [6, 6.07) is 8.61. The van der Waals surface area contributed by atoms with Crippen LogP contribution >= 0.6 is 0 Å². The number of aromatic nitrogens is 1. The molecule has 2 fully saturated rings. The summed E-state index contributed by atoms with van der Waals surface area (Å²) in [7, 11) is 1.66. The molecule has 0 spiro atoms. The van der Waals surface area contributed by atoms with Gasteiger partial charge in [-0.2, -0.15) is 0 Å². The number of nitrogens with two attached hydrogens (primary N) is 1. The largest absolute Gasteiger partial charge is 0.497 e. The topological polar surface area (TPSA) is 92.6 Å². The number of carbonyl (C=O) groups excluding carboxylic acids is 1. The second-order valence-electron chi connectivity index (χ2n) is 8.30. The van der Waals surface area contributed by atoms with Crippen LogP contribution in [0.1, 0.15) is 31.4 Å². The van der Waals surface area contributed by atoms with E-state index in [-0.39, 0.29) is 17.9 Å². The van der Waals surface area contributed by atoms with Gasteiger partial charge in [-0.25, -0.2) is 0 Å². The van der Waals surface area contributed by atoms with Crippen molar-refractivity contribution in [3.8, 4) is 5.75 Å². The van der Waals surface area contributed by atoms with Gasteiger partial charge in [-0.1, -0.05) is 0 Å². The van der Waals surface area contributed by atoms with Crippen molar-refractivity contribution < 1.29 is 14.3 Å². The van der Waals surface area contributed by atoms with Gasteiger partial charge in [0.15, 0.2) is 0 Å². The summed E-state index contributed by atoms with van der Waals surface area (Å²) in [6.45, 7) is 3.76. The number of nitrogens with one attached hydrogen (secondary N) is 2. The normalized spacial score (nSPS) is 24.3. The van der Waals surface area contributed by atoms with Crippen LogP contribution in [0.3, 0.4) is 0 Å². The first kappa shape index (κ1) is 20.2. The summed E-state index contributed by atoms with van der Waals surface area (Å²) in [5.41, 5.74) is 8.34. The van der Waals surface area contributed by atoms with Gasteiger partial charge in [-0.3, -0.25) is 9.69 Å². The molecular formula is C22H32N4O3. The Morgan fingerprint density at radius 2 is 2.07 bits per heavy atom. The van der Waals surface area contributed by atoms with Crippen molar-refractivity contribution in [2.45, 2.75) is 44.3 Å². The number of fused-ring (bicyclic) bond motifs is 1. The fourth-order valence-electron chi connectivity index (χ4n) is 4.54. The van der Waals surface area contributed by atoms with Crippen LogP contribution in [-0.2, 0) is 16.1 Å². The predicted octanol–water partition coefficient (Wildman–Crippen LogP) is 2.01. The lowest BCUT2D eigenvalue weighted by molar-refractivity contribution is -0.126. The maximum Gasteiger partial charge on any atom is 0.224 e. The van der Waals surface area contributed by atoms with Crippen LogP contribution in [-0.4, -0.2) is 61.3 Å². The van der Waals surface area contributed by atoms with Gasteiger partial charge < -0.3 is 25.5 Å². The Labute approximate surface area is 171 Å². The molecule has 0 unspecified atom stereocenters. The van der Waals surface area contributed by atoms with Gasteiger partial charge in [0.1, 0.15) is 5.75 Å². The Balaban J connectivity index is 1.37. The zero-order chi connectivity index (χ0) is 20.2. The SMILES string of the molecule is COc1ccc2[nH]c(CNC(=O)[C@@H]3CC[C@H](N)CN(C4CCOCC4)C3)cc2c1. The van der Waals surface area contributed by atoms with Gasteiger partial charge in [0.2, 0.25) is 5.91 Å². The van der Waals surface area contributed by atoms with Crippen LogP contribution in [0, 0.1) is 5.92 Å². The van der Waals surface area contributed by atoms with Crippen molar-refractivity contribution in [2.75, 3.05) is 33.4 Å². The van der Waals surface area contributed by atoms with Crippen LogP contribution in [0.25, 0.3) is 10.9 Å². The lowest BCUT2D eigenvalue weighted by atomic mass is 10.0. The minimum absolute atomic E-state index is 0.0177. The number of nitrogens with zero attached hydrogens (tertiary/aromatic N) is 1. The molecule has 2 aliphatic heterocycles. The monoisotopic (exact) mass is 400 g/mol. The molecule has 1 amide bonds. The first-order chi connectivity index (χ1) is 14.1. The van der Waals surface area contributed by atoms with E-state index in [4.69, 9.17) is 15.2 Å². The maximum atomic E-state index is 12.9. The number of H-pyrrole nitrogens is 1. The molecule has 158 valence electrons. The third-order valence-corrected chi connectivity index (χ3v) is 6.22. The molecule has 29 heavy (non-hydrogen) atoms. The number of hydrogen-bond acceptors (Lipinski definition) is 5. The van der Waals surface area contributed by atoms with E-state index in [2.05, 4.69) is 21.3 Å². The molecule has 2 aliphatic rings. The van der Waals surface area contributed by atoms with Crippen molar-refractivity contribution in [3.63, 3.8) is 0 Å². The summed E-state index contributed by atoms with van der Waals surface area (Å²) in [5, 5.41) is 4.21. The fourth-order valence-corrected chi connectivity index (χ4v) is 4.54. The summed E-state index contributed by atoms with van der Waals surface area (Å²) < 4.78 is 10.8. The average Bonchev–Trinajstić information content (AvgIpc) is 3.05. The number of benzene rings is 1. The lowest BCUT2D eigenvalue weighted by Gasteiger charge is -2.35. The smallest absolute Gasteiger partial charge is 0.224 e. The Morgan fingerprint density at radius 1 is 1.24 bits per heavy atom. The molecule has 4 rings (SSSR count). The Hall–Kier alpha value is -2.09. The number of methoxy groups -OCH3 is 1. The second kappa shape index (κ2) is 9.15. The van der Waals surface area contributed by atoms with E-state index in [0.717, 1.165) is 74.3 Å². The number of ether oxygens (including phenoxy) is 2. The van der Waals surface area contributed by atoms with Gasteiger partial charge in [-0.05, 0) is 49.9 Å². The van der Waals surface area contributed by atoms with Crippen LogP contribution in [0.2, 0.25) is 0 Å². The van der Waals surface area contributed by atoms with Gasteiger partial charge in [0.25, 0.3) is 0 Å². The van der Waals surface area contributed by atoms with Crippen molar-refractivity contribution in [1.82, 2.24) is 15.2 Å². The molecule has 0 aliphatic carbocycles. The highest BCUT2D eigenvalue weighted by atomic mass is 16.5. The van der Waals surface area contributed by atoms with Crippen molar-refractivity contribution in [1.29, 1.82) is 0 Å². The van der Waals surface area contributed by atoms with Crippen molar-refractivity contribution >= 4 is 16.8 Å². The quantitative estimate of drug-likeness (QED) is 0.714. The zero-order valence-electron chi connectivity index (χ0n) is 17.2. The van der Waals surface area contributed by atoms with E-state index < -0.39 is 0 Å².